The predicted octanol–water partition coefficient (Wildman–Crippen LogP) is 3.83. The molecule has 1 saturated heterocycles. The third kappa shape index (κ3) is 3.12. The van der Waals surface area contributed by atoms with E-state index < -0.39 is 0 Å². The first-order valence-corrected chi connectivity index (χ1v) is 11.5. The smallest absolute Gasteiger partial charge is 0.207 e. The van der Waals surface area contributed by atoms with E-state index in [1.54, 1.807) is 0 Å². The van der Waals surface area contributed by atoms with Gasteiger partial charge in [0.2, 0.25) is 5.95 Å². The molecule has 2 aliphatic rings. The minimum atomic E-state index is -0.0444. The summed E-state index contributed by atoms with van der Waals surface area (Å²) in [5.41, 5.74) is 5.78. The van der Waals surface area contributed by atoms with E-state index in [2.05, 4.69) is 56.8 Å². The van der Waals surface area contributed by atoms with Gasteiger partial charge in [-0.2, -0.15) is 0 Å². The Morgan fingerprint density at radius 2 is 2.00 bits per heavy atom. The molecule has 6 rings (SSSR count). The Bertz CT molecular complexity index is 1310. The molecule has 0 aliphatic carbocycles. The van der Waals surface area contributed by atoms with E-state index in [-0.39, 0.29) is 6.04 Å². The normalized spacial score (nSPS) is 20.1. The predicted molar refractivity (Wildman–Crippen MR) is 127 cm³/mol. The van der Waals surface area contributed by atoms with Gasteiger partial charge in [-0.3, -0.25) is 9.55 Å². The zero-order chi connectivity index (χ0) is 22.7. The van der Waals surface area contributed by atoms with Crippen LogP contribution in [0.25, 0.3) is 22.2 Å². The average molecular weight is 445 g/mol. The summed E-state index contributed by atoms with van der Waals surface area (Å²) in [6.07, 6.45) is 2.97. The van der Waals surface area contributed by atoms with E-state index in [1.165, 1.54) is 0 Å². The van der Waals surface area contributed by atoms with Gasteiger partial charge in [-0.1, -0.05) is 11.2 Å². The van der Waals surface area contributed by atoms with Gasteiger partial charge in [0.25, 0.3) is 0 Å². The first kappa shape index (κ1) is 20.2. The molecule has 0 amide bonds. The van der Waals surface area contributed by atoms with Crippen LogP contribution >= 0.6 is 0 Å². The van der Waals surface area contributed by atoms with Crippen molar-refractivity contribution in [3.8, 4) is 16.9 Å². The second-order valence-electron chi connectivity index (χ2n) is 9.22. The second-order valence-corrected chi connectivity index (χ2v) is 9.22. The summed E-state index contributed by atoms with van der Waals surface area (Å²) in [7, 11) is 4.30. The van der Waals surface area contributed by atoms with Crippen LogP contribution in [0, 0.1) is 13.8 Å². The molecule has 0 saturated carbocycles. The quantitative estimate of drug-likeness (QED) is 0.474. The fourth-order valence-corrected chi connectivity index (χ4v) is 5.25. The second kappa shape index (κ2) is 7.59. The molecule has 2 aliphatic heterocycles. The molecule has 8 nitrogen and oxygen atoms in total. The molecule has 3 aromatic heterocycles. The summed E-state index contributed by atoms with van der Waals surface area (Å²) in [5.74, 6) is 2.62. The number of ether oxygens (including phenoxy) is 1. The lowest BCUT2D eigenvalue weighted by molar-refractivity contribution is 0.257. The molecule has 2 atom stereocenters. The van der Waals surface area contributed by atoms with E-state index in [1.807, 2.05) is 32.2 Å². The number of likely N-dealkylation sites (N-methyl/N-ethyl adjacent to an activating group) is 1. The summed E-state index contributed by atoms with van der Waals surface area (Å²) in [4.78, 5) is 14.5. The van der Waals surface area contributed by atoms with Crippen LogP contribution in [-0.4, -0.2) is 64.4 Å². The van der Waals surface area contributed by atoms with Crippen molar-refractivity contribution in [3.05, 3.63) is 53.7 Å². The van der Waals surface area contributed by atoms with Crippen molar-refractivity contribution in [2.45, 2.75) is 32.4 Å². The number of pyridine rings is 1. The maximum absolute atomic E-state index is 6.47. The van der Waals surface area contributed by atoms with Crippen molar-refractivity contribution in [1.29, 1.82) is 0 Å². The van der Waals surface area contributed by atoms with Crippen LogP contribution in [-0.2, 0) is 0 Å². The van der Waals surface area contributed by atoms with E-state index in [4.69, 9.17) is 14.2 Å². The third-order valence-electron chi connectivity index (χ3n) is 6.99. The summed E-state index contributed by atoms with van der Waals surface area (Å²) in [5, 5.41) is 4.17. The molecule has 170 valence electrons. The molecule has 5 heterocycles. The Morgan fingerprint density at radius 3 is 2.70 bits per heavy atom. The number of aromatic nitrogens is 4. The van der Waals surface area contributed by atoms with E-state index in [0.717, 1.165) is 70.5 Å². The molecule has 0 bridgehead atoms. The van der Waals surface area contributed by atoms with Crippen LogP contribution in [0.15, 0.2) is 41.1 Å². The van der Waals surface area contributed by atoms with Crippen molar-refractivity contribution in [2.24, 2.45) is 0 Å². The van der Waals surface area contributed by atoms with Gasteiger partial charge in [0.15, 0.2) is 5.75 Å². The Labute approximate surface area is 192 Å². The highest BCUT2D eigenvalue weighted by molar-refractivity contribution is 5.94. The lowest BCUT2D eigenvalue weighted by atomic mass is 10.0. The molecule has 4 aromatic rings. The molecular formula is C25H28N6O2. The van der Waals surface area contributed by atoms with Crippen LogP contribution in [0.4, 0.5) is 5.95 Å². The van der Waals surface area contributed by atoms with Gasteiger partial charge >= 0.3 is 0 Å². The van der Waals surface area contributed by atoms with Gasteiger partial charge in [-0.15, -0.1) is 0 Å². The van der Waals surface area contributed by atoms with Crippen LogP contribution in [0.2, 0.25) is 0 Å². The molecule has 33 heavy (non-hydrogen) atoms. The third-order valence-corrected chi connectivity index (χ3v) is 6.99. The largest absolute Gasteiger partial charge is 0.488 e. The molecular weight excluding hydrogens is 416 g/mol. The highest BCUT2D eigenvalue weighted by Crippen LogP contribution is 2.46. The average Bonchev–Trinajstić information content (AvgIpc) is 3.54. The maximum atomic E-state index is 6.47. The highest BCUT2D eigenvalue weighted by Gasteiger charge is 2.35. The summed E-state index contributed by atoms with van der Waals surface area (Å²) in [6.45, 7) is 6.34. The van der Waals surface area contributed by atoms with Gasteiger partial charge in [0, 0.05) is 30.9 Å². The minimum absolute atomic E-state index is 0.0444. The van der Waals surface area contributed by atoms with E-state index in [9.17, 15) is 0 Å². The molecule has 0 N–H and O–H groups in total. The monoisotopic (exact) mass is 444 g/mol. The Balaban J connectivity index is 1.58. The number of aryl methyl sites for hydroxylation is 2. The first-order chi connectivity index (χ1) is 16.0. The highest BCUT2D eigenvalue weighted by atomic mass is 16.5. The fourth-order valence-electron chi connectivity index (χ4n) is 5.25. The number of anilines is 1. The standard InChI is InChI=1S/C25H28N6O2/c1-15-22(16(2)33-28-15)18-8-9-20-23-24(18)32-14-21(19-7-5-6-11-26-19)31(23)25(27-20)30-12-10-17(13-30)29(3)4/h5-9,11,17,21H,10,12-14H2,1-4H3/t17-,21-/m0/s1. The summed E-state index contributed by atoms with van der Waals surface area (Å²) < 4.78 is 14.3. The van der Waals surface area contributed by atoms with Crippen LogP contribution in [0.5, 0.6) is 5.75 Å². The van der Waals surface area contributed by atoms with Crippen molar-refractivity contribution < 1.29 is 9.26 Å². The van der Waals surface area contributed by atoms with Gasteiger partial charge in [-0.25, -0.2) is 4.98 Å². The fraction of sp³-hybridized carbons (Fsp3) is 0.400. The summed E-state index contributed by atoms with van der Waals surface area (Å²) >= 11 is 0. The zero-order valence-corrected chi connectivity index (χ0v) is 19.4. The molecule has 0 spiro atoms. The van der Waals surface area contributed by atoms with Gasteiger partial charge in [0.05, 0.1) is 22.5 Å². The molecule has 0 unspecified atom stereocenters. The molecule has 8 heteroatoms. The number of rotatable bonds is 4. The van der Waals surface area contributed by atoms with Gasteiger partial charge in [-0.05, 0) is 58.6 Å². The lowest BCUT2D eigenvalue weighted by Crippen LogP contribution is -2.34. The molecule has 1 aromatic carbocycles. The number of nitrogens with zero attached hydrogens (tertiary/aromatic N) is 6. The Morgan fingerprint density at radius 1 is 1.12 bits per heavy atom. The van der Waals surface area contributed by atoms with Crippen LogP contribution in [0.3, 0.4) is 0 Å². The minimum Gasteiger partial charge on any atom is -0.488 e. The van der Waals surface area contributed by atoms with Crippen LogP contribution in [0.1, 0.15) is 29.6 Å². The SMILES string of the molecule is Cc1noc(C)c1-c1ccc2nc(N3CC[C@H](N(C)C)C3)n3c2c1OC[C@H]3c1ccccn1. The number of imidazole rings is 1. The summed E-state index contributed by atoms with van der Waals surface area (Å²) in [6, 6.07) is 10.7. The van der Waals surface area contributed by atoms with Gasteiger partial charge < -0.3 is 19.1 Å². The number of hydrogen-bond acceptors (Lipinski definition) is 7. The van der Waals surface area contributed by atoms with Crippen molar-refractivity contribution in [1.82, 2.24) is 24.6 Å². The maximum Gasteiger partial charge on any atom is 0.207 e. The van der Waals surface area contributed by atoms with E-state index >= 15 is 0 Å². The lowest BCUT2D eigenvalue weighted by Gasteiger charge is -2.30. The Kier molecular flexibility index (Phi) is 4.65. The number of benzene rings is 1. The van der Waals surface area contributed by atoms with Crippen molar-refractivity contribution in [3.63, 3.8) is 0 Å². The number of hydrogen-bond donors (Lipinski definition) is 0. The van der Waals surface area contributed by atoms with Crippen molar-refractivity contribution in [2.75, 3.05) is 38.7 Å². The molecule has 0 radical (unpaired) electrons. The molecule has 1 fully saturated rings. The zero-order valence-electron chi connectivity index (χ0n) is 19.4. The topological polar surface area (TPSA) is 72.5 Å². The van der Waals surface area contributed by atoms with Crippen LogP contribution < -0.4 is 9.64 Å². The van der Waals surface area contributed by atoms with Gasteiger partial charge in [0.1, 0.15) is 23.9 Å². The Hall–Kier alpha value is -3.39. The van der Waals surface area contributed by atoms with E-state index in [0.29, 0.717) is 12.6 Å². The van der Waals surface area contributed by atoms with Crippen molar-refractivity contribution >= 4 is 17.0 Å². The first-order valence-electron chi connectivity index (χ1n) is 11.5.